The van der Waals surface area contributed by atoms with Crippen LogP contribution < -0.4 is 5.73 Å². The van der Waals surface area contributed by atoms with Crippen LogP contribution in [0.4, 0.5) is 0 Å². The third kappa shape index (κ3) is 4.42. The molecule has 1 aliphatic heterocycles. The molecule has 0 aromatic heterocycles. The fourth-order valence-corrected chi connectivity index (χ4v) is 3.54. The zero-order chi connectivity index (χ0) is 11.4. The quantitative estimate of drug-likeness (QED) is 0.845. The first-order valence-corrected chi connectivity index (χ1v) is 7.27. The number of hydrogen-bond donors (Lipinski definition) is 1. The van der Waals surface area contributed by atoms with Crippen molar-refractivity contribution in [2.45, 2.75) is 70.4 Å². The molecule has 0 aromatic rings. The average Bonchev–Trinajstić information content (AvgIpc) is 2.31. The summed E-state index contributed by atoms with van der Waals surface area (Å²) >= 11 is 0. The maximum absolute atomic E-state index is 6.12. The Balaban J connectivity index is 0.00000144. The SMILES string of the molecule is CC(N)C1CCCCN1CC1CCCCC1.Cl. The van der Waals surface area contributed by atoms with E-state index in [2.05, 4.69) is 11.8 Å². The van der Waals surface area contributed by atoms with Crippen molar-refractivity contribution in [3.05, 3.63) is 0 Å². The van der Waals surface area contributed by atoms with Crippen LogP contribution in [-0.2, 0) is 0 Å². The molecule has 2 unspecified atom stereocenters. The Morgan fingerprint density at radius 3 is 2.35 bits per heavy atom. The molecular formula is C14H29ClN2. The van der Waals surface area contributed by atoms with Gasteiger partial charge in [0.2, 0.25) is 0 Å². The third-order valence-electron chi connectivity index (χ3n) is 4.49. The molecule has 0 radical (unpaired) electrons. The van der Waals surface area contributed by atoms with Crippen molar-refractivity contribution in [3.8, 4) is 0 Å². The summed E-state index contributed by atoms with van der Waals surface area (Å²) in [5.74, 6) is 0.966. The monoisotopic (exact) mass is 260 g/mol. The summed E-state index contributed by atoms with van der Waals surface area (Å²) in [5, 5.41) is 0. The number of likely N-dealkylation sites (tertiary alicyclic amines) is 1. The van der Waals surface area contributed by atoms with Crippen LogP contribution >= 0.6 is 12.4 Å². The van der Waals surface area contributed by atoms with Gasteiger partial charge in [0.05, 0.1) is 0 Å². The summed E-state index contributed by atoms with van der Waals surface area (Å²) in [6.07, 6.45) is 11.4. The van der Waals surface area contributed by atoms with Crippen LogP contribution in [0.3, 0.4) is 0 Å². The van der Waals surface area contributed by atoms with Gasteiger partial charge in [-0.1, -0.05) is 25.7 Å². The zero-order valence-electron chi connectivity index (χ0n) is 11.2. The minimum absolute atomic E-state index is 0. The van der Waals surface area contributed by atoms with Crippen molar-refractivity contribution in [2.24, 2.45) is 11.7 Å². The maximum Gasteiger partial charge on any atom is 0.0244 e. The van der Waals surface area contributed by atoms with Crippen LogP contribution in [-0.4, -0.2) is 30.1 Å². The Kier molecular flexibility index (Phi) is 6.83. The van der Waals surface area contributed by atoms with E-state index in [1.165, 1.54) is 64.5 Å². The molecule has 1 saturated carbocycles. The molecule has 2 atom stereocenters. The summed E-state index contributed by atoms with van der Waals surface area (Å²) in [6, 6.07) is 1.01. The van der Waals surface area contributed by atoms with E-state index in [9.17, 15) is 0 Å². The second-order valence-corrected chi connectivity index (χ2v) is 5.92. The van der Waals surface area contributed by atoms with Crippen LogP contribution in [0.25, 0.3) is 0 Å². The van der Waals surface area contributed by atoms with Gasteiger partial charge in [-0.05, 0) is 45.1 Å². The summed E-state index contributed by atoms with van der Waals surface area (Å²) in [7, 11) is 0. The Bertz CT molecular complexity index is 202. The molecule has 0 bridgehead atoms. The molecule has 0 spiro atoms. The highest BCUT2D eigenvalue weighted by Gasteiger charge is 2.27. The van der Waals surface area contributed by atoms with Gasteiger partial charge >= 0.3 is 0 Å². The Morgan fingerprint density at radius 1 is 1.06 bits per heavy atom. The van der Waals surface area contributed by atoms with E-state index in [1.807, 2.05) is 0 Å². The fourth-order valence-electron chi connectivity index (χ4n) is 3.54. The first-order chi connectivity index (χ1) is 7.77. The molecule has 2 fully saturated rings. The predicted octanol–water partition coefficient (Wildman–Crippen LogP) is 3.19. The van der Waals surface area contributed by atoms with Gasteiger partial charge in [0.1, 0.15) is 0 Å². The number of rotatable bonds is 3. The molecule has 2 nitrogen and oxygen atoms in total. The molecule has 0 amide bonds. The van der Waals surface area contributed by atoms with Gasteiger partial charge in [-0.2, -0.15) is 0 Å². The second kappa shape index (κ2) is 7.60. The lowest BCUT2D eigenvalue weighted by molar-refractivity contribution is 0.0998. The van der Waals surface area contributed by atoms with Crippen LogP contribution in [0.2, 0.25) is 0 Å². The smallest absolute Gasteiger partial charge is 0.0244 e. The first kappa shape index (κ1) is 15.3. The van der Waals surface area contributed by atoms with Crippen molar-refractivity contribution in [1.29, 1.82) is 0 Å². The van der Waals surface area contributed by atoms with Crippen LogP contribution in [0.15, 0.2) is 0 Å². The Hall–Kier alpha value is 0.210. The third-order valence-corrected chi connectivity index (χ3v) is 4.49. The predicted molar refractivity (Wildman–Crippen MR) is 76.7 cm³/mol. The van der Waals surface area contributed by atoms with Gasteiger partial charge in [0, 0.05) is 18.6 Å². The summed E-state index contributed by atoms with van der Waals surface area (Å²) < 4.78 is 0. The molecule has 17 heavy (non-hydrogen) atoms. The molecule has 0 aromatic carbocycles. The molecule has 2 rings (SSSR count). The lowest BCUT2D eigenvalue weighted by Gasteiger charge is -2.40. The summed E-state index contributed by atoms with van der Waals surface area (Å²) in [4.78, 5) is 2.70. The lowest BCUT2D eigenvalue weighted by Crippen LogP contribution is -2.50. The largest absolute Gasteiger partial charge is 0.327 e. The van der Waals surface area contributed by atoms with E-state index >= 15 is 0 Å². The molecule has 1 aliphatic carbocycles. The number of halogens is 1. The second-order valence-electron chi connectivity index (χ2n) is 5.92. The normalized spacial score (nSPS) is 29.6. The molecule has 1 heterocycles. The molecule has 102 valence electrons. The van der Waals surface area contributed by atoms with E-state index in [-0.39, 0.29) is 12.4 Å². The Morgan fingerprint density at radius 2 is 1.71 bits per heavy atom. The highest BCUT2D eigenvalue weighted by Crippen LogP contribution is 2.27. The van der Waals surface area contributed by atoms with Crippen LogP contribution in [0, 0.1) is 5.92 Å². The van der Waals surface area contributed by atoms with Crippen molar-refractivity contribution in [3.63, 3.8) is 0 Å². The van der Waals surface area contributed by atoms with Gasteiger partial charge in [-0.3, -0.25) is 4.90 Å². The topological polar surface area (TPSA) is 29.3 Å². The molecule has 1 saturated heterocycles. The molecule has 3 heteroatoms. The number of hydrogen-bond acceptors (Lipinski definition) is 2. The first-order valence-electron chi connectivity index (χ1n) is 7.27. The van der Waals surface area contributed by atoms with Crippen molar-refractivity contribution < 1.29 is 0 Å². The van der Waals surface area contributed by atoms with Crippen LogP contribution in [0.1, 0.15) is 58.3 Å². The average molecular weight is 261 g/mol. The van der Waals surface area contributed by atoms with E-state index in [0.29, 0.717) is 12.1 Å². The molecule has 2 aliphatic rings. The van der Waals surface area contributed by atoms with Gasteiger partial charge in [0.15, 0.2) is 0 Å². The van der Waals surface area contributed by atoms with Gasteiger partial charge in [-0.15, -0.1) is 12.4 Å². The molecular weight excluding hydrogens is 232 g/mol. The van der Waals surface area contributed by atoms with Gasteiger partial charge in [-0.25, -0.2) is 0 Å². The standard InChI is InChI=1S/C14H28N2.ClH/c1-12(15)14-9-5-6-10-16(14)11-13-7-3-2-4-8-13;/h12-14H,2-11,15H2,1H3;1H. The summed E-state index contributed by atoms with van der Waals surface area (Å²) in [6.45, 7) is 4.80. The van der Waals surface area contributed by atoms with Gasteiger partial charge in [0.25, 0.3) is 0 Å². The highest BCUT2D eigenvalue weighted by molar-refractivity contribution is 5.85. The number of piperidine rings is 1. The van der Waals surface area contributed by atoms with E-state index in [1.54, 1.807) is 0 Å². The van der Waals surface area contributed by atoms with Crippen molar-refractivity contribution in [2.75, 3.05) is 13.1 Å². The minimum atomic E-state index is 0. The fraction of sp³-hybridized carbons (Fsp3) is 1.00. The molecule has 2 N–H and O–H groups in total. The van der Waals surface area contributed by atoms with Crippen LogP contribution in [0.5, 0.6) is 0 Å². The van der Waals surface area contributed by atoms with E-state index in [0.717, 1.165) is 5.92 Å². The highest BCUT2D eigenvalue weighted by atomic mass is 35.5. The zero-order valence-corrected chi connectivity index (χ0v) is 12.1. The number of nitrogens with two attached hydrogens (primary N) is 1. The van der Waals surface area contributed by atoms with Gasteiger partial charge < -0.3 is 5.73 Å². The lowest BCUT2D eigenvalue weighted by atomic mass is 9.87. The van der Waals surface area contributed by atoms with Crippen molar-refractivity contribution >= 4 is 12.4 Å². The number of nitrogens with zero attached hydrogens (tertiary/aromatic N) is 1. The summed E-state index contributed by atoms with van der Waals surface area (Å²) in [5.41, 5.74) is 6.12. The van der Waals surface area contributed by atoms with E-state index < -0.39 is 0 Å². The maximum atomic E-state index is 6.12. The van der Waals surface area contributed by atoms with Crippen molar-refractivity contribution in [1.82, 2.24) is 4.90 Å². The van der Waals surface area contributed by atoms with E-state index in [4.69, 9.17) is 5.73 Å². The minimum Gasteiger partial charge on any atom is -0.327 e. The Labute approximate surface area is 113 Å².